The smallest absolute Gasteiger partial charge is 0.415 e. The summed E-state index contributed by atoms with van der Waals surface area (Å²) in [4.78, 5) is 38.4. The van der Waals surface area contributed by atoms with Crippen molar-refractivity contribution in [1.29, 1.82) is 0 Å². The van der Waals surface area contributed by atoms with Crippen LogP contribution in [-0.4, -0.2) is 66.1 Å². The van der Waals surface area contributed by atoms with Crippen molar-refractivity contribution in [1.82, 2.24) is 15.3 Å². The van der Waals surface area contributed by atoms with Crippen molar-refractivity contribution in [2.24, 2.45) is 10.4 Å². The molecule has 202 valence electrons. The molecule has 5 rings (SSSR count). The van der Waals surface area contributed by atoms with E-state index in [1.54, 1.807) is 32.9 Å². The Hall–Kier alpha value is -3.93. The first kappa shape index (κ1) is 25.7. The molecule has 0 radical (unpaired) electrons. The van der Waals surface area contributed by atoms with Crippen LogP contribution < -0.4 is 20.1 Å². The van der Waals surface area contributed by atoms with Crippen LogP contribution in [0.25, 0.3) is 0 Å². The van der Waals surface area contributed by atoms with Gasteiger partial charge in [-0.15, -0.1) is 0 Å². The minimum atomic E-state index is -0.951. The van der Waals surface area contributed by atoms with E-state index in [4.69, 9.17) is 28.7 Å². The zero-order valence-corrected chi connectivity index (χ0v) is 22.2. The molecule has 3 aliphatic rings. The highest BCUT2D eigenvalue weighted by Crippen LogP contribution is 2.62. The van der Waals surface area contributed by atoms with Gasteiger partial charge in [0.2, 0.25) is 5.88 Å². The van der Waals surface area contributed by atoms with E-state index in [1.807, 2.05) is 19.9 Å². The summed E-state index contributed by atoms with van der Waals surface area (Å²) in [6.07, 6.45) is 2.04. The molecule has 4 heterocycles. The average Bonchev–Trinajstić information content (AvgIpc) is 3.20. The van der Waals surface area contributed by atoms with E-state index < -0.39 is 34.2 Å². The molecule has 3 aliphatic heterocycles. The van der Waals surface area contributed by atoms with Gasteiger partial charge in [-0.2, -0.15) is 0 Å². The lowest BCUT2D eigenvalue weighted by Gasteiger charge is -2.61. The zero-order valence-electron chi connectivity index (χ0n) is 22.2. The third-order valence-electron chi connectivity index (χ3n) is 7.08. The molecule has 1 atom stereocenters. The number of carbonyl (C=O) groups excluding carboxylic acids is 2. The van der Waals surface area contributed by atoms with Crippen molar-refractivity contribution in [2.75, 3.05) is 32.2 Å². The fourth-order valence-electron chi connectivity index (χ4n) is 5.02. The first-order chi connectivity index (χ1) is 17.9. The van der Waals surface area contributed by atoms with Crippen molar-refractivity contribution in [3.8, 4) is 11.6 Å². The Morgan fingerprint density at radius 2 is 1.82 bits per heavy atom. The molecule has 2 spiro atoms. The molecular formula is C26H31N5O7. The van der Waals surface area contributed by atoms with Gasteiger partial charge in [-0.25, -0.2) is 25.1 Å². The quantitative estimate of drug-likeness (QED) is 0.618. The number of nitrogens with zero attached hydrogens (tertiary/aromatic N) is 3. The summed E-state index contributed by atoms with van der Waals surface area (Å²) in [6.45, 7) is 10.2. The fourth-order valence-corrected chi connectivity index (χ4v) is 5.02. The van der Waals surface area contributed by atoms with Crippen LogP contribution in [-0.2, 0) is 19.7 Å². The van der Waals surface area contributed by atoms with Crippen molar-refractivity contribution >= 4 is 23.7 Å². The van der Waals surface area contributed by atoms with Crippen LogP contribution in [0, 0.1) is 5.41 Å². The van der Waals surface area contributed by atoms with Crippen molar-refractivity contribution in [3.05, 3.63) is 41.9 Å². The molecule has 2 N–H and O–H groups in total. The van der Waals surface area contributed by atoms with Gasteiger partial charge in [0.1, 0.15) is 34.8 Å². The summed E-state index contributed by atoms with van der Waals surface area (Å²) in [5, 5.41) is 5.48. The van der Waals surface area contributed by atoms with Gasteiger partial charge in [-0.05, 0) is 52.8 Å². The Morgan fingerprint density at radius 3 is 2.42 bits per heavy atom. The summed E-state index contributed by atoms with van der Waals surface area (Å²) >= 11 is 0. The van der Waals surface area contributed by atoms with Gasteiger partial charge in [-0.1, -0.05) is 0 Å². The van der Waals surface area contributed by atoms with Crippen LogP contribution in [0.4, 0.5) is 10.5 Å². The average molecular weight is 526 g/mol. The maximum Gasteiger partial charge on any atom is 0.415 e. The van der Waals surface area contributed by atoms with Gasteiger partial charge in [0.05, 0.1) is 38.1 Å². The first-order valence-corrected chi connectivity index (χ1v) is 12.2. The molecular weight excluding hydrogens is 494 g/mol. The highest BCUT2D eigenvalue weighted by molar-refractivity contribution is 6.02. The molecule has 2 aromatic rings. The lowest BCUT2D eigenvalue weighted by atomic mass is 9.55. The third kappa shape index (κ3) is 4.18. The van der Waals surface area contributed by atoms with Crippen LogP contribution in [0.5, 0.6) is 11.6 Å². The van der Waals surface area contributed by atoms with E-state index in [9.17, 15) is 9.59 Å². The van der Waals surface area contributed by atoms with E-state index in [-0.39, 0.29) is 18.3 Å². The predicted octanol–water partition coefficient (Wildman–Crippen LogP) is 3.03. The number of amidine groups is 1. The number of carbonyl (C=O) groups is 2. The monoisotopic (exact) mass is 525 g/mol. The van der Waals surface area contributed by atoms with Crippen molar-refractivity contribution < 1.29 is 33.3 Å². The molecule has 12 heteroatoms. The van der Waals surface area contributed by atoms with E-state index in [0.717, 1.165) is 0 Å². The van der Waals surface area contributed by atoms with Gasteiger partial charge >= 0.3 is 6.09 Å². The molecule has 1 fully saturated rings. The topological polar surface area (TPSA) is 142 Å². The SMILES string of the molecule is COc1cnc(C(=O)Nc2ccc3c(c2)[C@@]2(COC(NC(=O)OC(C)(C)C)=N2)C2(COC2)C(C)(C)O3)cn1. The Labute approximate surface area is 220 Å². The molecule has 1 aromatic heterocycles. The van der Waals surface area contributed by atoms with Crippen molar-refractivity contribution in [2.45, 2.75) is 51.4 Å². The number of benzene rings is 1. The Bertz CT molecular complexity index is 1300. The number of rotatable bonds is 3. The summed E-state index contributed by atoms with van der Waals surface area (Å²) in [6, 6.07) is 5.39. The maximum atomic E-state index is 12.9. The Morgan fingerprint density at radius 1 is 1.05 bits per heavy atom. The number of alkyl carbamates (subject to hydrolysis) is 1. The van der Waals surface area contributed by atoms with Gasteiger partial charge in [0.25, 0.3) is 11.9 Å². The highest BCUT2D eigenvalue weighted by atomic mass is 16.6. The minimum Gasteiger partial charge on any atom is -0.487 e. The van der Waals surface area contributed by atoms with E-state index in [2.05, 4.69) is 20.6 Å². The molecule has 0 unspecified atom stereocenters. The molecule has 0 saturated carbocycles. The number of amides is 2. The second-order valence-electron chi connectivity index (χ2n) is 11.0. The molecule has 12 nitrogen and oxygen atoms in total. The second kappa shape index (κ2) is 8.83. The molecule has 0 aliphatic carbocycles. The summed E-state index contributed by atoms with van der Waals surface area (Å²) in [5.74, 6) is 0.465. The lowest BCUT2D eigenvalue weighted by molar-refractivity contribution is -0.247. The number of nitrogens with one attached hydrogen (secondary N) is 2. The van der Waals surface area contributed by atoms with E-state index in [1.165, 1.54) is 19.5 Å². The van der Waals surface area contributed by atoms with Crippen LogP contribution >= 0.6 is 0 Å². The van der Waals surface area contributed by atoms with Crippen LogP contribution in [0.2, 0.25) is 0 Å². The number of aromatic nitrogens is 2. The zero-order chi connectivity index (χ0) is 27.3. The number of hydrogen-bond acceptors (Lipinski definition) is 10. The number of anilines is 1. The van der Waals surface area contributed by atoms with Crippen LogP contribution in [0.15, 0.2) is 35.6 Å². The third-order valence-corrected chi connectivity index (χ3v) is 7.08. The maximum absolute atomic E-state index is 12.9. The molecule has 2 amide bonds. The van der Waals surface area contributed by atoms with Crippen molar-refractivity contribution in [3.63, 3.8) is 0 Å². The standard InChI is InChI=1S/C26H31N5O7/c1-23(2,3)38-22(33)30-21-31-26(14-36-21)16-9-15(29-20(32)17-10-28-19(34-6)11-27-17)7-8-18(16)37-24(4,5)25(26)12-35-13-25/h7-11H,12-14H2,1-6H3,(H,29,32)(H,30,31,33)/t26-/m0/s1. The van der Waals surface area contributed by atoms with E-state index in [0.29, 0.717) is 36.1 Å². The largest absolute Gasteiger partial charge is 0.487 e. The normalized spacial score (nSPS) is 22.3. The minimum absolute atomic E-state index is 0.0529. The summed E-state index contributed by atoms with van der Waals surface area (Å²) in [7, 11) is 1.47. The van der Waals surface area contributed by atoms with E-state index >= 15 is 0 Å². The molecule has 0 bridgehead atoms. The number of ether oxygens (including phenoxy) is 5. The van der Waals surface area contributed by atoms with Gasteiger partial charge in [0.15, 0.2) is 0 Å². The number of hydrogen-bond donors (Lipinski definition) is 2. The summed E-state index contributed by atoms with van der Waals surface area (Å²) < 4.78 is 28.5. The Kier molecular flexibility index (Phi) is 5.97. The number of fused-ring (bicyclic) bond motifs is 3. The molecule has 38 heavy (non-hydrogen) atoms. The fraction of sp³-hybridized carbons (Fsp3) is 0.500. The number of aliphatic imine (C=N–C) groups is 1. The van der Waals surface area contributed by atoms with Gasteiger partial charge < -0.3 is 29.0 Å². The Balaban J connectivity index is 1.50. The molecule has 1 aromatic carbocycles. The van der Waals surface area contributed by atoms with Crippen LogP contribution in [0.1, 0.15) is 50.7 Å². The lowest BCUT2D eigenvalue weighted by Crippen LogP contribution is -2.71. The number of methoxy groups -OCH3 is 1. The van der Waals surface area contributed by atoms with Gasteiger partial charge in [-0.3, -0.25) is 4.79 Å². The van der Waals surface area contributed by atoms with Gasteiger partial charge in [0, 0.05) is 11.3 Å². The first-order valence-electron chi connectivity index (χ1n) is 12.2. The highest BCUT2D eigenvalue weighted by Gasteiger charge is 2.71. The predicted molar refractivity (Wildman–Crippen MR) is 135 cm³/mol. The second-order valence-corrected chi connectivity index (χ2v) is 11.0. The van der Waals surface area contributed by atoms with Crippen LogP contribution in [0.3, 0.4) is 0 Å². The summed E-state index contributed by atoms with van der Waals surface area (Å²) in [5.41, 5.74) is -1.55. The molecule has 1 saturated heterocycles.